The minimum atomic E-state index is -0.206. The Morgan fingerprint density at radius 3 is 2.84 bits per heavy atom. The molecule has 0 amide bonds. The smallest absolute Gasteiger partial charge is 0.147 e. The van der Waals surface area contributed by atoms with E-state index in [9.17, 15) is 4.39 Å². The number of aromatic nitrogens is 3. The minimum absolute atomic E-state index is 0.206. The van der Waals surface area contributed by atoms with E-state index >= 15 is 0 Å². The number of hydrogen-bond acceptors (Lipinski definition) is 5. The van der Waals surface area contributed by atoms with Crippen LogP contribution in [0.5, 0.6) is 0 Å². The SMILES string of the molecule is CSc1cccc(-c2cc3ncnc(NCCc4c(C)[nH]c5c(F)ccc(C)c45)c3s2)c1. The molecule has 3 heterocycles. The Morgan fingerprint density at radius 1 is 1.12 bits per heavy atom. The lowest BCUT2D eigenvalue weighted by Gasteiger charge is -2.08. The van der Waals surface area contributed by atoms with Gasteiger partial charge in [-0.2, -0.15) is 0 Å². The van der Waals surface area contributed by atoms with Crippen molar-refractivity contribution in [2.45, 2.75) is 25.2 Å². The molecule has 0 spiro atoms. The number of aromatic amines is 1. The van der Waals surface area contributed by atoms with Crippen LogP contribution in [0.2, 0.25) is 0 Å². The average Bonchev–Trinajstić information content (AvgIpc) is 3.39. The van der Waals surface area contributed by atoms with E-state index in [0.29, 0.717) is 12.1 Å². The summed E-state index contributed by atoms with van der Waals surface area (Å²) in [5.41, 5.74) is 5.97. The number of hydrogen-bond donors (Lipinski definition) is 2. The zero-order valence-corrected chi connectivity index (χ0v) is 19.8. The van der Waals surface area contributed by atoms with Crippen LogP contribution in [0.15, 0.2) is 53.7 Å². The Balaban J connectivity index is 1.41. The summed E-state index contributed by atoms with van der Waals surface area (Å²) in [4.78, 5) is 14.6. The van der Waals surface area contributed by atoms with E-state index in [0.717, 1.165) is 44.7 Å². The Labute approximate surface area is 194 Å². The molecule has 2 N–H and O–H groups in total. The fraction of sp³-hybridized carbons (Fsp3) is 0.200. The summed E-state index contributed by atoms with van der Waals surface area (Å²) in [6, 6.07) is 14.0. The van der Waals surface area contributed by atoms with Crippen LogP contribution in [0.4, 0.5) is 10.2 Å². The second-order valence-corrected chi connectivity index (χ2v) is 9.73. The largest absolute Gasteiger partial charge is 0.368 e. The molecule has 0 radical (unpaired) electrons. The first-order valence-corrected chi connectivity index (χ1v) is 12.5. The third-order valence-electron chi connectivity index (χ3n) is 5.76. The van der Waals surface area contributed by atoms with E-state index in [1.165, 1.54) is 21.4 Å². The molecule has 4 nitrogen and oxygen atoms in total. The lowest BCUT2D eigenvalue weighted by Crippen LogP contribution is -2.07. The molecule has 0 atom stereocenters. The molecule has 162 valence electrons. The van der Waals surface area contributed by atoms with Crippen molar-refractivity contribution in [2.75, 3.05) is 18.1 Å². The molecule has 2 aromatic carbocycles. The molecule has 0 aliphatic rings. The van der Waals surface area contributed by atoms with Gasteiger partial charge in [0, 0.05) is 27.4 Å². The predicted molar refractivity (Wildman–Crippen MR) is 135 cm³/mol. The van der Waals surface area contributed by atoms with Gasteiger partial charge in [0.2, 0.25) is 0 Å². The summed E-state index contributed by atoms with van der Waals surface area (Å²) in [6.45, 7) is 4.73. The van der Waals surface area contributed by atoms with Crippen molar-refractivity contribution in [2.24, 2.45) is 0 Å². The highest BCUT2D eigenvalue weighted by Gasteiger charge is 2.15. The molecule has 0 fully saturated rings. The summed E-state index contributed by atoms with van der Waals surface area (Å²) in [7, 11) is 0. The van der Waals surface area contributed by atoms with Crippen LogP contribution in [-0.2, 0) is 6.42 Å². The molecule has 7 heteroatoms. The Kier molecular flexibility index (Phi) is 5.61. The van der Waals surface area contributed by atoms with Crippen LogP contribution in [-0.4, -0.2) is 27.8 Å². The molecule has 0 aliphatic carbocycles. The maximum Gasteiger partial charge on any atom is 0.147 e. The first-order valence-electron chi connectivity index (χ1n) is 10.4. The van der Waals surface area contributed by atoms with Crippen molar-refractivity contribution in [1.82, 2.24) is 15.0 Å². The highest BCUT2D eigenvalue weighted by Crippen LogP contribution is 2.36. The molecular weight excluding hydrogens is 439 g/mol. The number of benzene rings is 2. The van der Waals surface area contributed by atoms with Gasteiger partial charge in [0.1, 0.15) is 18.0 Å². The van der Waals surface area contributed by atoms with Crippen molar-refractivity contribution in [3.8, 4) is 10.4 Å². The third-order valence-corrected chi connectivity index (χ3v) is 7.67. The normalized spacial score (nSPS) is 11.5. The highest BCUT2D eigenvalue weighted by atomic mass is 32.2. The fourth-order valence-corrected chi connectivity index (χ4v) is 5.69. The van der Waals surface area contributed by atoms with Gasteiger partial charge in [-0.25, -0.2) is 14.4 Å². The van der Waals surface area contributed by atoms with E-state index in [1.807, 2.05) is 19.9 Å². The molecule has 32 heavy (non-hydrogen) atoms. The van der Waals surface area contributed by atoms with Crippen LogP contribution >= 0.6 is 23.1 Å². The zero-order chi connectivity index (χ0) is 22.2. The summed E-state index contributed by atoms with van der Waals surface area (Å²) in [5, 5.41) is 4.48. The number of anilines is 1. The zero-order valence-electron chi connectivity index (χ0n) is 18.1. The predicted octanol–water partition coefficient (Wildman–Crippen LogP) is 6.97. The van der Waals surface area contributed by atoms with Gasteiger partial charge in [0.25, 0.3) is 0 Å². The van der Waals surface area contributed by atoms with Gasteiger partial charge in [0.15, 0.2) is 0 Å². The lowest BCUT2D eigenvalue weighted by molar-refractivity contribution is 0.637. The second kappa shape index (κ2) is 8.56. The fourth-order valence-electron chi connectivity index (χ4n) is 4.16. The van der Waals surface area contributed by atoms with Crippen molar-refractivity contribution in [3.05, 3.63) is 71.4 Å². The number of H-pyrrole nitrogens is 1. The van der Waals surface area contributed by atoms with E-state index in [-0.39, 0.29) is 5.82 Å². The monoisotopic (exact) mass is 462 g/mol. The average molecular weight is 463 g/mol. The van der Waals surface area contributed by atoms with Crippen LogP contribution in [0.3, 0.4) is 0 Å². The van der Waals surface area contributed by atoms with E-state index < -0.39 is 0 Å². The molecule has 0 saturated heterocycles. The first kappa shape index (κ1) is 21.0. The number of nitrogens with one attached hydrogen (secondary N) is 2. The van der Waals surface area contributed by atoms with E-state index in [4.69, 9.17) is 0 Å². The third kappa shape index (κ3) is 3.76. The quantitative estimate of drug-likeness (QED) is 0.268. The van der Waals surface area contributed by atoms with Crippen molar-refractivity contribution in [1.29, 1.82) is 0 Å². The van der Waals surface area contributed by atoms with Gasteiger partial charge < -0.3 is 10.3 Å². The van der Waals surface area contributed by atoms with E-state index in [1.54, 1.807) is 29.4 Å². The number of rotatable bonds is 6. The summed E-state index contributed by atoms with van der Waals surface area (Å²) in [6.07, 6.45) is 4.47. The Bertz CT molecular complexity index is 1440. The molecule has 5 rings (SSSR count). The van der Waals surface area contributed by atoms with Gasteiger partial charge in [-0.05, 0) is 67.5 Å². The number of thioether (sulfide) groups is 1. The Morgan fingerprint density at radius 2 is 2.00 bits per heavy atom. The van der Waals surface area contributed by atoms with Gasteiger partial charge in [0.05, 0.1) is 15.7 Å². The van der Waals surface area contributed by atoms with Gasteiger partial charge in [-0.1, -0.05) is 18.2 Å². The molecular formula is C25H23FN4S2. The summed E-state index contributed by atoms with van der Waals surface area (Å²) >= 11 is 3.44. The maximum absolute atomic E-state index is 14.2. The van der Waals surface area contributed by atoms with E-state index in [2.05, 4.69) is 56.9 Å². The van der Waals surface area contributed by atoms with Gasteiger partial charge in [-0.3, -0.25) is 0 Å². The first-order chi connectivity index (χ1) is 15.5. The van der Waals surface area contributed by atoms with Crippen molar-refractivity contribution < 1.29 is 4.39 Å². The number of aryl methyl sites for hydroxylation is 2. The molecule has 0 unspecified atom stereocenters. The summed E-state index contributed by atoms with van der Waals surface area (Å²) in [5.74, 6) is 0.634. The van der Waals surface area contributed by atoms with Crippen molar-refractivity contribution >= 4 is 50.0 Å². The molecule has 5 aromatic rings. The summed E-state index contributed by atoms with van der Waals surface area (Å²) < 4.78 is 15.3. The minimum Gasteiger partial charge on any atom is -0.368 e. The second-order valence-electron chi connectivity index (χ2n) is 7.80. The lowest BCUT2D eigenvalue weighted by atomic mass is 10.0. The number of halogens is 1. The number of thiophene rings is 1. The molecule has 0 bridgehead atoms. The topological polar surface area (TPSA) is 53.6 Å². The van der Waals surface area contributed by atoms with Crippen molar-refractivity contribution in [3.63, 3.8) is 0 Å². The standard InChI is InChI=1S/C25H23FN4S2/c1-14-7-8-19(26)23-22(14)18(15(2)30-23)9-10-27-25-24-20(28-13-29-25)12-21(32-24)16-5-4-6-17(11-16)31-3/h4-8,11-13,30H,9-10H2,1-3H3,(H,27,28,29). The highest BCUT2D eigenvalue weighted by molar-refractivity contribution is 7.98. The molecule has 0 aliphatic heterocycles. The maximum atomic E-state index is 14.2. The van der Waals surface area contributed by atoms with Gasteiger partial charge >= 0.3 is 0 Å². The van der Waals surface area contributed by atoms with Crippen LogP contribution < -0.4 is 5.32 Å². The van der Waals surface area contributed by atoms with Crippen LogP contribution in [0, 0.1) is 19.7 Å². The number of nitrogens with zero attached hydrogens (tertiary/aromatic N) is 2. The molecule has 0 saturated carbocycles. The number of fused-ring (bicyclic) bond motifs is 2. The van der Waals surface area contributed by atoms with Crippen LogP contribution in [0.25, 0.3) is 31.6 Å². The van der Waals surface area contributed by atoms with Crippen LogP contribution in [0.1, 0.15) is 16.8 Å². The Hall–Kier alpha value is -2.90. The molecule has 3 aromatic heterocycles. The van der Waals surface area contributed by atoms with Gasteiger partial charge in [-0.15, -0.1) is 23.1 Å².